The van der Waals surface area contributed by atoms with Crippen molar-refractivity contribution in [1.82, 2.24) is 9.88 Å². The monoisotopic (exact) mass is 280 g/mol. The second-order valence-corrected chi connectivity index (χ2v) is 5.88. The summed E-state index contributed by atoms with van der Waals surface area (Å²) in [5, 5.41) is 1.25. The summed E-state index contributed by atoms with van der Waals surface area (Å²) >= 11 is 0. The summed E-state index contributed by atoms with van der Waals surface area (Å²) in [5.74, 6) is 0.120. The van der Waals surface area contributed by atoms with E-state index >= 15 is 0 Å². The quantitative estimate of drug-likeness (QED) is 0.716. The van der Waals surface area contributed by atoms with E-state index in [4.69, 9.17) is 0 Å². The van der Waals surface area contributed by atoms with Crippen molar-refractivity contribution in [3.05, 3.63) is 71.2 Å². The third kappa shape index (κ3) is 2.05. The van der Waals surface area contributed by atoms with Gasteiger partial charge in [0.1, 0.15) is 5.82 Å². The molecule has 0 spiro atoms. The van der Waals surface area contributed by atoms with Crippen LogP contribution in [0.25, 0.3) is 10.9 Å². The summed E-state index contributed by atoms with van der Waals surface area (Å²) in [4.78, 5) is 5.69. The standard InChI is InChI=1S/C18H17FN2/c1-21-10-16(12-2-5-14(19)6-3-12)15-7-4-13-8-9-20-18(13)17(15)11-21/h2-9,16,20H,10-11H2,1H3. The average Bonchev–Trinajstić information content (AvgIpc) is 2.96. The number of benzene rings is 2. The predicted octanol–water partition coefficient (Wildman–Crippen LogP) is 3.88. The summed E-state index contributed by atoms with van der Waals surface area (Å²) in [7, 11) is 2.14. The highest BCUT2D eigenvalue weighted by atomic mass is 19.1. The maximum atomic E-state index is 13.2. The molecule has 2 heterocycles. The lowest BCUT2D eigenvalue weighted by Crippen LogP contribution is -2.31. The molecule has 2 aromatic carbocycles. The Bertz CT molecular complexity index is 789. The van der Waals surface area contributed by atoms with Crippen LogP contribution in [0.15, 0.2) is 48.7 Å². The molecule has 1 N–H and O–H groups in total. The number of hydrogen-bond donors (Lipinski definition) is 1. The SMILES string of the molecule is CN1Cc2c(ccc3cc[nH]c23)C(c2ccc(F)cc2)C1. The maximum Gasteiger partial charge on any atom is 0.123 e. The van der Waals surface area contributed by atoms with Crippen molar-refractivity contribution >= 4 is 10.9 Å². The van der Waals surface area contributed by atoms with Crippen LogP contribution in [0.4, 0.5) is 4.39 Å². The third-order valence-corrected chi connectivity index (χ3v) is 4.44. The second kappa shape index (κ2) is 4.71. The van der Waals surface area contributed by atoms with E-state index in [0.717, 1.165) is 13.1 Å². The van der Waals surface area contributed by atoms with Crippen LogP contribution in [0.1, 0.15) is 22.6 Å². The summed E-state index contributed by atoms with van der Waals surface area (Å²) in [6, 6.07) is 13.4. The van der Waals surface area contributed by atoms with Gasteiger partial charge in [-0.3, -0.25) is 0 Å². The lowest BCUT2D eigenvalue weighted by Gasteiger charge is -2.33. The van der Waals surface area contributed by atoms with Crippen molar-refractivity contribution in [3.63, 3.8) is 0 Å². The Morgan fingerprint density at radius 1 is 1.10 bits per heavy atom. The van der Waals surface area contributed by atoms with Crippen molar-refractivity contribution in [3.8, 4) is 0 Å². The van der Waals surface area contributed by atoms with Crippen LogP contribution in [0.3, 0.4) is 0 Å². The Hall–Kier alpha value is -2.13. The molecule has 1 unspecified atom stereocenters. The first-order chi connectivity index (χ1) is 10.2. The Morgan fingerprint density at radius 3 is 2.71 bits per heavy atom. The molecule has 106 valence electrons. The zero-order valence-electron chi connectivity index (χ0n) is 11.9. The molecule has 0 radical (unpaired) electrons. The van der Waals surface area contributed by atoms with Gasteiger partial charge in [0.15, 0.2) is 0 Å². The lowest BCUT2D eigenvalue weighted by atomic mass is 9.84. The molecule has 21 heavy (non-hydrogen) atoms. The highest BCUT2D eigenvalue weighted by Crippen LogP contribution is 2.36. The number of nitrogens with one attached hydrogen (secondary N) is 1. The van der Waals surface area contributed by atoms with Gasteiger partial charge in [-0.1, -0.05) is 24.3 Å². The molecule has 0 saturated carbocycles. The first kappa shape index (κ1) is 12.6. The van der Waals surface area contributed by atoms with E-state index in [2.05, 4.69) is 35.1 Å². The molecule has 4 rings (SSSR count). The molecule has 0 bridgehead atoms. The van der Waals surface area contributed by atoms with Crippen LogP contribution in [-0.4, -0.2) is 23.5 Å². The van der Waals surface area contributed by atoms with Gasteiger partial charge < -0.3 is 9.88 Å². The summed E-state index contributed by atoms with van der Waals surface area (Å²) in [6.45, 7) is 1.91. The van der Waals surface area contributed by atoms with Crippen molar-refractivity contribution in [2.45, 2.75) is 12.5 Å². The van der Waals surface area contributed by atoms with Crippen molar-refractivity contribution in [2.75, 3.05) is 13.6 Å². The summed E-state index contributed by atoms with van der Waals surface area (Å²) < 4.78 is 13.2. The van der Waals surface area contributed by atoms with Gasteiger partial charge in [-0.25, -0.2) is 4.39 Å². The fraction of sp³-hybridized carbons (Fsp3) is 0.222. The van der Waals surface area contributed by atoms with Gasteiger partial charge in [0.2, 0.25) is 0 Å². The number of nitrogens with zero attached hydrogens (tertiary/aromatic N) is 1. The lowest BCUT2D eigenvalue weighted by molar-refractivity contribution is 0.296. The average molecular weight is 280 g/mol. The van der Waals surface area contributed by atoms with Gasteiger partial charge >= 0.3 is 0 Å². The predicted molar refractivity (Wildman–Crippen MR) is 82.9 cm³/mol. The maximum absolute atomic E-state index is 13.2. The minimum Gasteiger partial charge on any atom is -0.361 e. The van der Waals surface area contributed by atoms with Crippen molar-refractivity contribution in [1.29, 1.82) is 0 Å². The molecular weight excluding hydrogens is 263 g/mol. The van der Waals surface area contributed by atoms with E-state index in [-0.39, 0.29) is 5.82 Å². The van der Waals surface area contributed by atoms with Crippen LogP contribution < -0.4 is 0 Å². The zero-order chi connectivity index (χ0) is 14.4. The Morgan fingerprint density at radius 2 is 1.90 bits per heavy atom. The first-order valence-electron chi connectivity index (χ1n) is 7.25. The number of H-pyrrole nitrogens is 1. The number of halogens is 1. The third-order valence-electron chi connectivity index (χ3n) is 4.44. The van der Waals surface area contributed by atoms with Gasteiger partial charge in [0.25, 0.3) is 0 Å². The fourth-order valence-corrected chi connectivity index (χ4v) is 3.43. The van der Waals surface area contributed by atoms with Crippen LogP contribution in [-0.2, 0) is 6.54 Å². The van der Waals surface area contributed by atoms with Crippen LogP contribution in [0.5, 0.6) is 0 Å². The Balaban J connectivity index is 1.89. The minimum atomic E-state index is -0.178. The van der Waals surface area contributed by atoms with Gasteiger partial charge in [-0.2, -0.15) is 0 Å². The van der Waals surface area contributed by atoms with Gasteiger partial charge in [-0.15, -0.1) is 0 Å². The number of aromatic amines is 1. The fourth-order valence-electron chi connectivity index (χ4n) is 3.43. The molecule has 0 saturated heterocycles. The van der Waals surface area contributed by atoms with E-state index < -0.39 is 0 Å². The number of likely N-dealkylation sites (N-methyl/N-ethyl adjacent to an activating group) is 1. The van der Waals surface area contributed by atoms with E-state index in [0.29, 0.717) is 5.92 Å². The number of rotatable bonds is 1. The summed E-state index contributed by atoms with van der Waals surface area (Å²) in [6.07, 6.45) is 1.99. The highest BCUT2D eigenvalue weighted by molar-refractivity contribution is 5.84. The first-order valence-corrected chi connectivity index (χ1v) is 7.25. The minimum absolute atomic E-state index is 0.178. The van der Waals surface area contributed by atoms with Crippen LogP contribution in [0.2, 0.25) is 0 Å². The molecule has 1 aromatic heterocycles. The highest BCUT2D eigenvalue weighted by Gasteiger charge is 2.26. The second-order valence-electron chi connectivity index (χ2n) is 5.88. The molecule has 0 fully saturated rings. The molecule has 1 aliphatic rings. The summed E-state index contributed by atoms with van der Waals surface area (Å²) in [5.41, 5.74) is 5.12. The van der Waals surface area contributed by atoms with Gasteiger partial charge in [0.05, 0.1) is 5.52 Å². The van der Waals surface area contributed by atoms with E-state index in [1.165, 1.54) is 27.6 Å². The molecule has 1 aliphatic heterocycles. The smallest absolute Gasteiger partial charge is 0.123 e. The largest absolute Gasteiger partial charge is 0.361 e. The number of fused-ring (bicyclic) bond motifs is 3. The number of hydrogen-bond acceptors (Lipinski definition) is 1. The molecule has 0 amide bonds. The van der Waals surface area contributed by atoms with Crippen LogP contribution in [0, 0.1) is 5.82 Å². The van der Waals surface area contributed by atoms with E-state index in [1.54, 1.807) is 12.1 Å². The Kier molecular flexibility index (Phi) is 2.82. The Labute approximate surface area is 123 Å². The van der Waals surface area contributed by atoms with Crippen LogP contribution >= 0.6 is 0 Å². The topological polar surface area (TPSA) is 19.0 Å². The van der Waals surface area contributed by atoms with Gasteiger partial charge in [0, 0.05) is 25.2 Å². The molecular formula is C18H17FN2. The van der Waals surface area contributed by atoms with E-state index in [1.807, 2.05) is 18.3 Å². The molecule has 1 atom stereocenters. The van der Waals surface area contributed by atoms with Crippen molar-refractivity contribution < 1.29 is 4.39 Å². The normalized spacial score (nSPS) is 18.9. The zero-order valence-corrected chi connectivity index (χ0v) is 11.9. The molecule has 3 heteroatoms. The number of aromatic nitrogens is 1. The molecule has 2 nitrogen and oxygen atoms in total. The van der Waals surface area contributed by atoms with E-state index in [9.17, 15) is 4.39 Å². The van der Waals surface area contributed by atoms with Gasteiger partial charge in [-0.05, 0) is 47.3 Å². The van der Waals surface area contributed by atoms with Crippen molar-refractivity contribution in [2.24, 2.45) is 0 Å². The molecule has 0 aliphatic carbocycles. The molecule has 3 aromatic rings.